The normalized spacial score (nSPS) is 24.3. The van der Waals surface area contributed by atoms with Gasteiger partial charge in [-0.2, -0.15) is 0 Å². The molecule has 0 bridgehead atoms. The quantitative estimate of drug-likeness (QED) is 0.910. The minimum Gasteiger partial charge on any atom is -0.497 e. The maximum Gasteiger partial charge on any atom is 0.118 e. The molecule has 1 aromatic carbocycles. The topological polar surface area (TPSA) is 29.5 Å². The summed E-state index contributed by atoms with van der Waals surface area (Å²) in [6.07, 6.45) is 8.46. The monoisotopic (exact) mass is 280 g/mol. The van der Waals surface area contributed by atoms with Gasteiger partial charge in [0.15, 0.2) is 0 Å². The maximum absolute atomic E-state index is 10.5. The first-order chi connectivity index (χ1) is 10.2. The highest BCUT2D eigenvalue weighted by Crippen LogP contribution is 2.40. The van der Waals surface area contributed by atoms with Crippen molar-refractivity contribution in [1.29, 1.82) is 0 Å². The molecule has 2 aliphatic carbocycles. The Morgan fingerprint density at radius 3 is 2.62 bits per heavy atom. The minimum atomic E-state index is -0.489. The summed E-state index contributed by atoms with van der Waals surface area (Å²) >= 11 is 0. The lowest BCUT2D eigenvalue weighted by Crippen LogP contribution is -2.25. The van der Waals surface area contributed by atoms with Crippen LogP contribution in [0.3, 0.4) is 0 Å². The SMILES string of the molecule is CCC1=C2C=C(OC)C=CC2C(O)C=C1c1ccccc1. The Kier molecular flexibility index (Phi) is 3.80. The highest BCUT2D eigenvalue weighted by Gasteiger charge is 2.29. The van der Waals surface area contributed by atoms with Gasteiger partial charge in [-0.25, -0.2) is 0 Å². The number of methoxy groups -OCH3 is 1. The molecule has 0 saturated carbocycles. The fourth-order valence-corrected chi connectivity index (χ4v) is 3.13. The summed E-state index contributed by atoms with van der Waals surface area (Å²) in [4.78, 5) is 0. The average Bonchev–Trinajstić information content (AvgIpc) is 2.55. The zero-order valence-corrected chi connectivity index (χ0v) is 12.4. The molecule has 1 aromatic rings. The van der Waals surface area contributed by atoms with Crippen molar-refractivity contribution in [3.05, 3.63) is 77.1 Å². The first-order valence-corrected chi connectivity index (χ1v) is 7.37. The zero-order valence-electron chi connectivity index (χ0n) is 12.4. The summed E-state index contributed by atoms with van der Waals surface area (Å²) in [5.41, 5.74) is 4.75. The summed E-state index contributed by atoms with van der Waals surface area (Å²) in [7, 11) is 1.68. The Balaban J connectivity index is 2.13. The van der Waals surface area contributed by atoms with Crippen LogP contribution in [0.1, 0.15) is 18.9 Å². The first kappa shape index (κ1) is 13.9. The number of hydrogen-bond acceptors (Lipinski definition) is 2. The van der Waals surface area contributed by atoms with Crippen molar-refractivity contribution in [2.45, 2.75) is 19.4 Å². The molecule has 2 heteroatoms. The summed E-state index contributed by atoms with van der Waals surface area (Å²) in [6, 6.07) is 10.3. The van der Waals surface area contributed by atoms with E-state index in [0.29, 0.717) is 0 Å². The van der Waals surface area contributed by atoms with Gasteiger partial charge < -0.3 is 9.84 Å². The van der Waals surface area contributed by atoms with Crippen molar-refractivity contribution in [1.82, 2.24) is 0 Å². The lowest BCUT2D eigenvalue weighted by Gasteiger charge is -2.31. The summed E-state index contributed by atoms with van der Waals surface area (Å²) in [5.74, 6) is 0.875. The molecular formula is C19H20O2. The van der Waals surface area contributed by atoms with E-state index in [4.69, 9.17) is 4.74 Å². The maximum atomic E-state index is 10.5. The van der Waals surface area contributed by atoms with Gasteiger partial charge in [0.05, 0.1) is 13.2 Å². The molecule has 0 heterocycles. The molecule has 0 radical (unpaired) electrons. The van der Waals surface area contributed by atoms with Gasteiger partial charge in [-0.15, -0.1) is 0 Å². The lowest BCUT2D eigenvalue weighted by atomic mass is 9.76. The van der Waals surface area contributed by atoms with Crippen molar-refractivity contribution in [3.8, 4) is 0 Å². The number of fused-ring (bicyclic) bond motifs is 1. The zero-order chi connectivity index (χ0) is 14.8. The summed E-state index contributed by atoms with van der Waals surface area (Å²) < 4.78 is 5.35. The second kappa shape index (κ2) is 5.74. The van der Waals surface area contributed by atoms with Crippen LogP contribution in [0.25, 0.3) is 5.57 Å². The Labute approximate surface area is 125 Å². The highest BCUT2D eigenvalue weighted by atomic mass is 16.5. The van der Waals surface area contributed by atoms with Crippen LogP contribution < -0.4 is 0 Å². The second-order valence-corrected chi connectivity index (χ2v) is 5.36. The molecule has 21 heavy (non-hydrogen) atoms. The van der Waals surface area contributed by atoms with E-state index in [1.165, 1.54) is 11.1 Å². The van der Waals surface area contributed by atoms with Crippen LogP contribution in [0.2, 0.25) is 0 Å². The number of aliphatic hydroxyl groups excluding tert-OH is 1. The van der Waals surface area contributed by atoms with E-state index in [1.54, 1.807) is 7.11 Å². The molecule has 0 spiro atoms. The number of ether oxygens (including phenoxy) is 1. The number of hydrogen-bond donors (Lipinski definition) is 1. The molecule has 0 amide bonds. The molecular weight excluding hydrogens is 260 g/mol. The van der Waals surface area contributed by atoms with E-state index in [-0.39, 0.29) is 5.92 Å². The van der Waals surface area contributed by atoms with Crippen LogP contribution >= 0.6 is 0 Å². The molecule has 0 fully saturated rings. The first-order valence-electron chi connectivity index (χ1n) is 7.37. The fraction of sp³-hybridized carbons (Fsp3) is 0.263. The van der Waals surface area contributed by atoms with Gasteiger partial charge in [-0.3, -0.25) is 0 Å². The van der Waals surface area contributed by atoms with Gasteiger partial charge in [0, 0.05) is 5.92 Å². The molecule has 1 N–H and O–H groups in total. The molecule has 3 rings (SSSR count). The second-order valence-electron chi connectivity index (χ2n) is 5.36. The number of allylic oxidation sites excluding steroid dienone is 4. The Morgan fingerprint density at radius 2 is 1.95 bits per heavy atom. The predicted octanol–water partition coefficient (Wildman–Crippen LogP) is 3.87. The van der Waals surface area contributed by atoms with Crippen LogP contribution in [-0.4, -0.2) is 18.3 Å². The standard InChI is InChI=1S/C19H20O2/c1-3-15-17(13-7-5-4-6-8-13)12-19(20)16-10-9-14(21-2)11-18(15)16/h4-12,16,19-20H,3H2,1-2H3. The Bertz CT molecular complexity index is 647. The van der Waals surface area contributed by atoms with Gasteiger partial charge in [-0.1, -0.05) is 43.3 Å². The molecule has 2 nitrogen and oxygen atoms in total. The highest BCUT2D eigenvalue weighted by molar-refractivity contribution is 5.83. The van der Waals surface area contributed by atoms with Gasteiger partial charge in [0.25, 0.3) is 0 Å². The molecule has 0 aliphatic heterocycles. The summed E-state index contributed by atoms with van der Waals surface area (Å²) in [6.45, 7) is 2.16. The van der Waals surface area contributed by atoms with Crippen LogP contribution in [-0.2, 0) is 4.74 Å². The van der Waals surface area contributed by atoms with E-state index >= 15 is 0 Å². The minimum absolute atomic E-state index is 0.0336. The number of aliphatic hydroxyl groups is 1. The Hall–Kier alpha value is -2.06. The van der Waals surface area contributed by atoms with Crippen molar-refractivity contribution in [2.75, 3.05) is 7.11 Å². The van der Waals surface area contributed by atoms with Crippen LogP contribution in [0.4, 0.5) is 0 Å². The average molecular weight is 280 g/mol. The smallest absolute Gasteiger partial charge is 0.118 e. The van der Waals surface area contributed by atoms with Gasteiger partial charge in [0.2, 0.25) is 0 Å². The van der Waals surface area contributed by atoms with E-state index in [2.05, 4.69) is 25.1 Å². The Morgan fingerprint density at radius 1 is 1.19 bits per heavy atom. The van der Waals surface area contributed by atoms with Crippen molar-refractivity contribution < 1.29 is 9.84 Å². The molecule has 2 atom stereocenters. The van der Waals surface area contributed by atoms with Crippen LogP contribution in [0.5, 0.6) is 0 Å². The number of benzene rings is 1. The fourth-order valence-electron chi connectivity index (χ4n) is 3.13. The predicted molar refractivity (Wildman–Crippen MR) is 85.5 cm³/mol. The van der Waals surface area contributed by atoms with E-state index in [1.807, 2.05) is 36.4 Å². The third-order valence-corrected chi connectivity index (χ3v) is 4.18. The third kappa shape index (κ3) is 2.47. The van der Waals surface area contributed by atoms with E-state index < -0.39 is 6.10 Å². The van der Waals surface area contributed by atoms with Gasteiger partial charge in [0.1, 0.15) is 5.76 Å². The molecule has 108 valence electrons. The van der Waals surface area contributed by atoms with Crippen molar-refractivity contribution in [3.63, 3.8) is 0 Å². The summed E-state index contributed by atoms with van der Waals surface area (Å²) in [5, 5.41) is 10.5. The van der Waals surface area contributed by atoms with E-state index in [0.717, 1.165) is 23.3 Å². The molecule has 0 aromatic heterocycles. The largest absolute Gasteiger partial charge is 0.497 e. The number of rotatable bonds is 3. The molecule has 2 unspecified atom stereocenters. The van der Waals surface area contributed by atoms with Crippen LogP contribution in [0, 0.1) is 5.92 Å². The lowest BCUT2D eigenvalue weighted by molar-refractivity contribution is 0.190. The van der Waals surface area contributed by atoms with Crippen molar-refractivity contribution in [2.24, 2.45) is 5.92 Å². The van der Waals surface area contributed by atoms with Gasteiger partial charge >= 0.3 is 0 Å². The van der Waals surface area contributed by atoms with E-state index in [9.17, 15) is 5.11 Å². The van der Waals surface area contributed by atoms with Crippen LogP contribution in [0.15, 0.2) is 71.5 Å². The molecule has 0 saturated heterocycles. The third-order valence-electron chi connectivity index (χ3n) is 4.18. The molecule has 2 aliphatic rings. The van der Waals surface area contributed by atoms with Gasteiger partial charge in [-0.05, 0) is 46.9 Å². The van der Waals surface area contributed by atoms with Crippen molar-refractivity contribution >= 4 is 5.57 Å².